The molecule has 1 heterocycles. The van der Waals surface area contributed by atoms with Gasteiger partial charge in [-0.3, -0.25) is 9.35 Å². The molecule has 19 heavy (non-hydrogen) atoms. The van der Waals surface area contributed by atoms with E-state index in [1.165, 1.54) is 11.1 Å². The zero-order chi connectivity index (χ0) is 13.4. The molecule has 6 heteroatoms. The number of nitrogens with one attached hydrogen (secondary N) is 1. The van der Waals surface area contributed by atoms with Crippen molar-refractivity contribution in [3.63, 3.8) is 0 Å². The third kappa shape index (κ3) is 2.31. The van der Waals surface area contributed by atoms with Crippen molar-refractivity contribution in [2.24, 2.45) is 0 Å². The summed E-state index contributed by atoms with van der Waals surface area (Å²) >= 11 is -2.14. The number of likely N-dealkylation sites (tertiary alicyclic amines) is 1. The number of amides is 1. The minimum absolute atomic E-state index is 0.0656. The van der Waals surface area contributed by atoms with Crippen LogP contribution in [0.1, 0.15) is 30.0 Å². The lowest BCUT2D eigenvalue weighted by Crippen LogP contribution is -2.39. The second kappa shape index (κ2) is 5.03. The van der Waals surface area contributed by atoms with Gasteiger partial charge in [0.05, 0.1) is 6.04 Å². The van der Waals surface area contributed by atoms with Crippen LogP contribution in [-0.4, -0.2) is 32.2 Å². The summed E-state index contributed by atoms with van der Waals surface area (Å²) in [5, 5.41) is 0. The molecule has 1 aliphatic carbocycles. The maximum Gasteiger partial charge on any atom is 0.241 e. The molecule has 0 radical (unpaired) electrons. The van der Waals surface area contributed by atoms with Gasteiger partial charge in [-0.05, 0) is 30.4 Å². The number of benzene rings is 1. The van der Waals surface area contributed by atoms with Crippen LogP contribution in [0.25, 0.3) is 0 Å². The van der Waals surface area contributed by atoms with E-state index < -0.39 is 17.3 Å². The van der Waals surface area contributed by atoms with Gasteiger partial charge in [-0.1, -0.05) is 24.3 Å². The Kier molecular flexibility index (Phi) is 3.38. The molecule has 5 nitrogen and oxygen atoms in total. The van der Waals surface area contributed by atoms with Crippen molar-refractivity contribution in [3.8, 4) is 0 Å². The molecular weight excluding hydrogens is 264 g/mol. The fourth-order valence-corrected chi connectivity index (χ4v) is 3.56. The molecule has 1 aromatic carbocycles. The molecule has 3 rings (SSSR count). The summed E-state index contributed by atoms with van der Waals surface area (Å²) in [4.78, 5) is 14.1. The Morgan fingerprint density at radius 3 is 2.89 bits per heavy atom. The summed E-state index contributed by atoms with van der Waals surface area (Å²) in [6.07, 6.45) is 2.53. The lowest BCUT2D eigenvalue weighted by molar-refractivity contribution is -0.131. The minimum atomic E-state index is -2.14. The Hall–Kier alpha value is -1.24. The number of nitrogens with zero attached hydrogens (tertiary/aromatic N) is 1. The average molecular weight is 280 g/mol. The molecule has 0 aromatic heterocycles. The van der Waals surface area contributed by atoms with Crippen LogP contribution < -0.4 is 4.72 Å². The molecular formula is C13H16N2O3S. The predicted molar refractivity (Wildman–Crippen MR) is 71.5 cm³/mol. The highest BCUT2D eigenvalue weighted by Gasteiger charge is 2.39. The molecule has 0 spiro atoms. The third-order valence-corrected chi connectivity index (χ3v) is 4.45. The molecule has 102 valence electrons. The number of hydrogen-bond acceptors (Lipinski definition) is 2. The Morgan fingerprint density at radius 2 is 2.11 bits per heavy atom. The quantitative estimate of drug-likeness (QED) is 0.812. The Morgan fingerprint density at radius 1 is 1.32 bits per heavy atom. The molecule has 2 N–H and O–H groups in total. The minimum Gasteiger partial charge on any atom is -0.334 e. The van der Waals surface area contributed by atoms with Crippen molar-refractivity contribution in [3.05, 3.63) is 35.4 Å². The third-order valence-electron chi connectivity index (χ3n) is 3.96. The maximum atomic E-state index is 12.3. The van der Waals surface area contributed by atoms with Crippen molar-refractivity contribution in [2.45, 2.75) is 31.3 Å². The molecule has 1 saturated heterocycles. The first kappa shape index (κ1) is 12.8. The molecule has 0 saturated carbocycles. The van der Waals surface area contributed by atoms with Gasteiger partial charge in [0.2, 0.25) is 17.2 Å². The number of hydrogen-bond donors (Lipinski definition) is 2. The highest BCUT2D eigenvalue weighted by Crippen LogP contribution is 2.37. The highest BCUT2D eigenvalue weighted by atomic mass is 32.2. The first-order valence-electron chi connectivity index (χ1n) is 6.42. The van der Waals surface area contributed by atoms with Gasteiger partial charge in [-0.25, -0.2) is 8.93 Å². The predicted octanol–water partition coefficient (Wildman–Crippen LogP) is 1.00. The fraction of sp³-hybridized carbons (Fsp3) is 0.462. The van der Waals surface area contributed by atoms with E-state index in [4.69, 9.17) is 4.55 Å². The van der Waals surface area contributed by atoms with E-state index >= 15 is 0 Å². The summed E-state index contributed by atoms with van der Waals surface area (Å²) in [5.41, 5.74) is 2.53. The molecule has 1 aromatic rings. The smallest absolute Gasteiger partial charge is 0.241 e. The van der Waals surface area contributed by atoms with Crippen LogP contribution >= 0.6 is 0 Å². The fourth-order valence-electron chi connectivity index (χ4n) is 3.10. The number of carbonyl (C=O) groups is 1. The van der Waals surface area contributed by atoms with Gasteiger partial charge in [-0.2, -0.15) is 0 Å². The van der Waals surface area contributed by atoms with Crippen LogP contribution in [0.3, 0.4) is 0 Å². The van der Waals surface area contributed by atoms with Gasteiger partial charge < -0.3 is 4.90 Å². The average Bonchev–Trinajstić information content (AvgIpc) is 2.94. The van der Waals surface area contributed by atoms with Gasteiger partial charge in [0.1, 0.15) is 6.04 Å². The van der Waals surface area contributed by atoms with Crippen molar-refractivity contribution >= 4 is 17.2 Å². The van der Waals surface area contributed by atoms with E-state index in [9.17, 15) is 9.00 Å². The molecule has 1 aliphatic heterocycles. The topological polar surface area (TPSA) is 69.6 Å². The number of aryl methyl sites for hydroxylation is 1. The molecule has 0 bridgehead atoms. The van der Waals surface area contributed by atoms with E-state index in [1.54, 1.807) is 0 Å². The second-order valence-corrected chi connectivity index (χ2v) is 5.73. The van der Waals surface area contributed by atoms with Crippen LogP contribution in [0.4, 0.5) is 0 Å². The zero-order valence-electron chi connectivity index (χ0n) is 10.4. The molecule has 1 amide bonds. The van der Waals surface area contributed by atoms with Crippen LogP contribution in [0, 0.1) is 0 Å². The van der Waals surface area contributed by atoms with Gasteiger partial charge in [0.25, 0.3) is 0 Å². The first-order chi connectivity index (χ1) is 9.16. The largest absolute Gasteiger partial charge is 0.334 e. The maximum absolute atomic E-state index is 12.3. The lowest BCUT2D eigenvalue weighted by Gasteiger charge is -2.25. The van der Waals surface area contributed by atoms with Gasteiger partial charge in [0.15, 0.2) is 0 Å². The monoisotopic (exact) mass is 280 g/mol. The standard InChI is InChI=1S/C13H16N2O3S/c16-13-11(14-19(17)18)7-8-15(13)12-6-5-9-3-1-2-4-10(9)12/h1-4,11-12,14H,5-8H2,(H,17,18). The highest BCUT2D eigenvalue weighted by molar-refractivity contribution is 7.77. The molecule has 1 fully saturated rings. The van der Waals surface area contributed by atoms with Crippen molar-refractivity contribution in [1.82, 2.24) is 9.62 Å². The van der Waals surface area contributed by atoms with E-state index in [0.29, 0.717) is 13.0 Å². The van der Waals surface area contributed by atoms with E-state index in [1.807, 2.05) is 17.0 Å². The summed E-state index contributed by atoms with van der Waals surface area (Å²) in [5.74, 6) is -0.0656. The van der Waals surface area contributed by atoms with Crippen LogP contribution in [0.2, 0.25) is 0 Å². The Labute approximate surface area is 114 Å². The van der Waals surface area contributed by atoms with Gasteiger partial charge >= 0.3 is 0 Å². The summed E-state index contributed by atoms with van der Waals surface area (Å²) < 4.78 is 22.0. The molecule has 3 unspecified atom stereocenters. The van der Waals surface area contributed by atoms with Crippen LogP contribution in [0.15, 0.2) is 24.3 Å². The normalized spacial score (nSPS) is 27.6. The van der Waals surface area contributed by atoms with Crippen LogP contribution in [0.5, 0.6) is 0 Å². The molecule has 3 atom stereocenters. The summed E-state index contributed by atoms with van der Waals surface area (Å²) in [6.45, 7) is 0.646. The SMILES string of the molecule is O=C1C(NS(=O)O)CCN1C1CCc2ccccc21. The second-order valence-electron chi connectivity index (χ2n) is 4.99. The number of rotatable bonds is 3. The Balaban J connectivity index is 1.78. The lowest BCUT2D eigenvalue weighted by atomic mass is 10.1. The molecule has 2 aliphatic rings. The van der Waals surface area contributed by atoms with Crippen LogP contribution in [-0.2, 0) is 22.5 Å². The van der Waals surface area contributed by atoms with Crippen molar-refractivity contribution in [1.29, 1.82) is 0 Å². The van der Waals surface area contributed by atoms with Gasteiger partial charge in [-0.15, -0.1) is 0 Å². The number of fused-ring (bicyclic) bond motifs is 1. The van der Waals surface area contributed by atoms with E-state index in [-0.39, 0.29) is 11.9 Å². The summed E-state index contributed by atoms with van der Waals surface area (Å²) in [7, 11) is 0. The van der Waals surface area contributed by atoms with Gasteiger partial charge in [0, 0.05) is 6.54 Å². The number of carbonyl (C=O) groups excluding carboxylic acids is 1. The van der Waals surface area contributed by atoms with E-state index in [2.05, 4.69) is 16.9 Å². The van der Waals surface area contributed by atoms with Crippen molar-refractivity contribution in [2.75, 3.05) is 6.54 Å². The zero-order valence-corrected chi connectivity index (χ0v) is 11.2. The first-order valence-corrected chi connectivity index (χ1v) is 7.53. The van der Waals surface area contributed by atoms with Crippen molar-refractivity contribution < 1.29 is 13.6 Å². The summed E-state index contributed by atoms with van der Waals surface area (Å²) in [6, 6.07) is 7.79. The van der Waals surface area contributed by atoms with E-state index in [0.717, 1.165) is 12.8 Å². The Bertz CT molecular complexity index is 534.